The molecule has 2 aromatic carbocycles. The molecule has 0 N–H and O–H groups in total. The van der Waals surface area contributed by atoms with Crippen molar-refractivity contribution >= 4 is 10.8 Å². The lowest BCUT2D eigenvalue weighted by Gasteiger charge is -1.92. The Balaban J connectivity index is 0.000000185. The summed E-state index contributed by atoms with van der Waals surface area (Å²) >= 11 is 0. The zero-order chi connectivity index (χ0) is 12.3. The predicted molar refractivity (Wildman–Crippen MR) is 78.4 cm³/mol. The first-order valence-corrected chi connectivity index (χ1v) is 6.82. The van der Waals surface area contributed by atoms with Crippen LogP contribution in [-0.2, 0) is 0 Å². The Kier molecular flexibility index (Phi) is 7.13. The molecule has 0 aliphatic carbocycles. The molecule has 0 fully saturated rings. The van der Waals surface area contributed by atoms with Gasteiger partial charge < -0.3 is 0 Å². The van der Waals surface area contributed by atoms with Gasteiger partial charge in [-0.3, -0.25) is 0 Å². The fourth-order valence-electron chi connectivity index (χ4n) is 1.81. The van der Waals surface area contributed by atoms with Crippen LogP contribution in [0.1, 0.15) is 46.0 Å². The van der Waals surface area contributed by atoms with Crippen LogP contribution < -0.4 is 0 Å². The standard InChI is InChI=1S/C10H8.C7H16/c1-2-6-10-8-4-3-7-9(10)5-1;1-3-5-7-6-4-2/h1-8H;3-7H2,1-2H3. The van der Waals surface area contributed by atoms with Crippen LogP contribution in [-0.4, -0.2) is 0 Å². The predicted octanol–water partition coefficient (Wildman–Crippen LogP) is 5.82. The molecular formula is C17H24. The molecule has 92 valence electrons. The van der Waals surface area contributed by atoms with Gasteiger partial charge in [0.2, 0.25) is 0 Å². The molecule has 0 aliphatic heterocycles. The van der Waals surface area contributed by atoms with E-state index < -0.39 is 0 Å². The Morgan fingerprint density at radius 2 is 0.941 bits per heavy atom. The Bertz CT molecular complexity index is 334. The highest BCUT2D eigenvalue weighted by Crippen LogP contribution is 2.11. The van der Waals surface area contributed by atoms with E-state index in [0.29, 0.717) is 0 Å². The lowest BCUT2D eigenvalue weighted by atomic mass is 10.1. The van der Waals surface area contributed by atoms with Crippen molar-refractivity contribution < 1.29 is 0 Å². The number of hydrogen-bond donors (Lipinski definition) is 0. The van der Waals surface area contributed by atoms with Gasteiger partial charge in [-0.2, -0.15) is 0 Å². The Morgan fingerprint density at radius 1 is 0.588 bits per heavy atom. The quantitative estimate of drug-likeness (QED) is 0.579. The van der Waals surface area contributed by atoms with Crippen LogP contribution in [0.25, 0.3) is 10.8 Å². The van der Waals surface area contributed by atoms with Crippen molar-refractivity contribution in [1.82, 2.24) is 0 Å². The van der Waals surface area contributed by atoms with Gasteiger partial charge in [-0.15, -0.1) is 0 Å². The monoisotopic (exact) mass is 228 g/mol. The van der Waals surface area contributed by atoms with E-state index in [1.54, 1.807) is 0 Å². The van der Waals surface area contributed by atoms with Gasteiger partial charge in [-0.1, -0.05) is 94.5 Å². The average Bonchev–Trinajstić information content (AvgIpc) is 2.40. The molecule has 0 heterocycles. The van der Waals surface area contributed by atoms with Crippen molar-refractivity contribution in [3.8, 4) is 0 Å². The molecule has 0 unspecified atom stereocenters. The molecule has 0 aromatic heterocycles. The Hall–Kier alpha value is -1.30. The molecule has 2 aromatic rings. The van der Waals surface area contributed by atoms with E-state index in [2.05, 4.69) is 62.4 Å². The molecule has 2 rings (SSSR count). The number of benzene rings is 2. The van der Waals surface area contributed by atoms with Crippen LogP contribution in [0.3, 0.4) is 0 Å². The fourth-order valence-corrected chi connectivity index (χ4v) is 1.81. The highest BCUT2D eigenvalue weighted by Gasteiger charge is 1.85. The molecule has 0 radical (unpaired) electrons. The third kappa shape index (κ3) is 5.53. The molecule has 0 aliphatic rings. The normalized spacial score (nSPS) is 9.76. The SMILES string of the molecule is CCCCCCC.c1ccc2ccccc2c1. The highest BCUT2D eigenvalue weighted by molar-refractivity contribution is 5.81. The van der Waals surface area contributed by atoms with E-state index in [4.69, 9.17) is 0 Å². The smallest absolute Gasteiger partial charge is 0.0184 e. The molecular weight excluding hydrogens is 204 g/mol. The summed E-state index contributed by atoms with van der Waals surface area (Å²) in [7, 11) is 0. The fraction of sp³-hybridized carbons (Fsp3) is 0.412. The summed E-state index contributed by atoms with van der Waals surface area (Å²) in [5, 5.41) is 2.62. The van der Waals surface area contributed by atoms with Crippen molar-refractivity contribution in [3.63, 3.8) is 0 Å². The van der Waals surface area contributed by atoms with Gasteiger partial charge in [0.05, 0.1) is 0 Å². The summed E-state index contributed by atoms with van der Waals surface area (Å²) in [5.41, 5.74) is 0. The number of unbranched alkanes of at least 4 members (excludes halogenated alkanes) is 4. The van der Waals surface area contributed by atoms with Crippen LogP contribution in [0.4, 0.5) is 0 Å². The van der Waals surface area contributed by atoms with E-state index >= 15 is 0 Å². The summed E-state index contributed by atoms with van der Waals surface area (Å²) in [6.45, 7) is 4.49. The van der Waals surface area contributed by atoms with Gasteiger partial charge in [0.15, 0.2) is 0 Å². The first kappa shape index (κ1) is 13.8. The molecule has 0 bridgehead atoms. The summed E-state index contributed by atoms with van der Waals surface area (Å²) in [4.78, 5) is 0. The second-order valence-electron chi connectivity index (χ2n) is 4.41. The summed E-state index contributed by atoms with van der Waals surface area (Å²) in [6, 6.07) is 16.7. The third-order valence-electron chi connectivity index (χ3n) is 2.87. The van der Waals surface area contributed by atoms with Gasteiger partial charge in [0.1, 0.15) is 0 Å². The molecule has 17 heavy (non-hydrogen) atoms. The van der Waals surface area contributed by atoms with Gasteiger partial charge in [-0.05, 0) is 10.8 Å². The minimum atomic E-state index is 1.31. The van der Waals surface area contributed by atoms with Gasteiger partial charge in [0.25, 0.3) is 0 Å². The highest BCUT2D eigenvalue weighted by atomic mass is 13.9. The summed E-state index contributed by atoms with van der Waals surface area (Å²) < 4.78 is 0. The second kappa shape index (κ2) is 8.81. The minimum Gasteiger partial charge on any atom is -0.0654 e. The van der Waals surface area contributed by atoms with Crippen LogP contribution in [0.15, 0.2) is 48.5 Å². The lowest BCUT2D eigenvalue weighted by Crippen LogP contribution is -1.70. The molecule has 0 spiro atoms. The molecule has 0 atom stereocenters. The van der Waals surface area contributed by atoms with Crippen molar-refractivity contribution in [2.24, 2.45) is 0 Å². The van der Waals surface area contributed by atoms with Crippen LogP contribution >= 0.6 is 0 Å². The Morgan fingerprint density at radius 3 is 1.24 bits per heavy atom. The first-order valence-electron chi connectivity index (χ1n) is 6.82. The van der Waals surface area contributed by atoms with E-state index in [9.17, 15) is 0 Å². The van der Waals surface area contributed by atoms with E-state index in [1.165, 1.54) is 42.9 Å². The maximum absolute atomic E-state index is 2.25. The largest absolute Gasteiger partial charge is 0.0654 e. The molecule has 0 saturated carbocycles. The van der Waals surface area contributed by atoms with Gasteiger partial charge in [0, 0.05) is 0 Å². The van der Waals surface area contributed by atoms with Crippen molar-refractivity contribution in [1.29, 1.82) is 0 Å². The lowest BCUT2D eigenvalue weighted by molar-refractivity contribution is 0.656. The third-order valence-corrected chi connectivity index (χ3v) is 2.87. The number of fused-ring (bicyclic) bond motifs is 1. The van der Waals surface area contributed by atoms with Crippen molar-refractivity contribution in [2.45, 2.75) is 46.0 Å². The minimum absolute atomic E-state index is 1.31. The Labute approximate surface area is 106 Å². The summed E-state index contributed by atoms with van der Waals surface area (Å²) in [5.74, 6) is 0. The zero-order valence-corrected chi connectivity index (χ0v) is 11.2. The average molecular weight is 228 g/mol. The topological polar surface area (TPSA) is 0 Å². The number of rotatable bonds is 4. The van der Waals surface area contributed by atoms with Crippen LogP contribution in [0.2, 0.25) is 0 Å². The van der Waals surface area contributed by atoms with E-state index in [0.717, 1.165) is 0 Å². The van der Waals surface area contributed by atoms with E-state index in [-0.39, 0.29) is 0 Å². The molecule has 0 heteroatoms. The van der Waals surface area contributed by atoms with Gasteiger partial charge >= 0.3 is 0 Å². The zero-order valence-electron chi connectivity index (χ0n) is 11.2. The maximum atomic E-state index is 2.25. The van der Waals surface area contributed by atoms with E-state index in [1.807, 2.05) is 0 Å². The van der Waals surface area contributed by atoms with Crippen LogP contribution in [0, 0.1) is 0 Å². The van der Waals surface area contributed by atoms with Crippen molar-refractivity contribution in [2.75, 3.05) is 0 Å². The number of hydrogen-bond acceptors (Lipinski definition) is 0. The molecule has 0 saturated heterocycles. The maximum Gasteiger partial charge on any atom is -0.0184 e. The second-order valence-corrected chi connectivity index (χ2v) is 4.41. The molecule has 0 nitrogen and oxygen atoms in total. The van der Waals surface area contributed by atoms with Gasteiger partial charge in [-0.25, -0.2) is 0 Å². The first-order chi connectivity index (χ1) is 8.38. The van der Waals surface area contributed by atoms with Crippen molar-refractivity contribution in [3.05, 3.63) is 48.5 Å². The van der Waals surface area contributed by atoms with Crippen LogP contribution in [0.5, 0.6) is 0 Å². The summed E-state index contributed by atoms with van der Waals surface area (Å²) in [6.07, 6.45) is 7.01. The molecule has 0 amide bonds.